The van der Waals surface area contributed by atoms with E-state index in [1.165, 1.54) is 16.9 Å². The van der Waals surface area contributed by atoms with Crippen LogP contribution in [0.5, 0.6) is 0 Å². The van der Waals surface area contributed by atoms with Crippen molar-refractivity contribution in [3.63, 3.8) is 0 Å². The van der Waals surface area contributed by atoms with E-state index in [0.29, 0.717) is 36.9 Å². The molecular formula is C21H21N5O2S. The van der Waals surface area contributed by atoms with E-state index in [-0.39, 0.29) is 11.9 Å². The molecular weight excluding hydrogens is 386 g/mol. The first-order chi connectivity index (χ1) is 14.2. The number of rotatable bonds is 5. The highest BCUT2D eigenvalue weighted by molar-refractivity contribution is 7.15. The monoisotopic (exact) mass is 407 g/mol. The quantitative estimate of drug-likeness (QED) is 0.680. The van der Waals surface area contributed by atoms with E-state index in [1.807, 2.05) is 18.2 Å². The van der Waals surface area contributed by atoms with Crippen LogP contribution >= 0.6 is 11.3 Å². The van der Waals surface area contributed by atoms with Crippen molar-refractivity contribution in [2.45, 2.75) is 19.4 Å². The van der Waals surface area contributed by atoms with Crippen LogP contribution < -0.4 is 10.6 Å². The number of hydrogen-bond donors (Lipinski definition) is 2. The molecule has 0 bridgehead atoms. The third-order valence-electron chi connectivity index (χ3n) is 4.67. The lowest BCUT2D eigenvalue weighted by Crippen LogP contribution is -2.43. The molecule has 0 radical (unpaired) electrons. The third kappa shape index (κ3) is 4.78. The topological polar surface area (TPSA) is 87.2 Å². The van der Waals surface area contributed by atoms with Gasteiger partial charge >= 0.3 is 6.03 Å². The Morgan fingerprint density at radius 1 is 1.10 bits per heavy atom. The van der Waals surface area contributed by atoms with E-state index in [9.17, 15) is 9.59 Å². The van der Waals surface area contributed by atoms with Crippen molar-refractivity contribution in [1.29, 1.82) is 0 Å². The van der Waals surface area contributed by atoms with Gasteiger partial charge in [-0.2, -0.15) is 0 Å². The van der Waals surface area contributed by atoms with Crippen LogP contribution in [0.2, 0.25) is 0 Å². The number of carbonyl (C=O) groups excluding carboxylic acids is 2. The molecule has 1 aliphatic heterocycles. The number of hydrogen-bond acceptors (Lipinski definition) is 5. The number of nitrogens with zero attached hydrogens (tertiary/aromatic N) is 3. The van der Waals surface area contributed by atoms with Crippen molar-refractivity contribution in [2.75, 3.05) is 18.4 Å². The molecule has 0 spiro atoms. The number of urea groups is 1. The van der Waals surface area contributed by atoms with E-state index in [2.05, 4.69) is 32.7 Å². The number of amides is 3. The molecule has 7 nitrogen and oxygen atoms in total. The fourth-order valence-corrected chi connectivity index (χ4v) is 4.17. The average molecular weight is 407 g/mol. The highest BCUT2D eigenvalue weighted by Crippen LogP contribution is 2.28. The maximum Gasteiger partial charge on any atom is 0.317 e. The summed E-state index contributed by atoms with van der Waals surface area (Å²) in [4.78, 5) is 36.1. The van der Waals surface area contributed by atoms with Gasteiger partial charge < -0.3 is 10.2 Å². The number of nitrogens with one attached hydrogen (secondary N) is 2. The summed E-state index contributed by atoms with van der Waals surface area (Å²) in [7, 11) is 0. The van der Waals surface area contributed by atoms with Crippen LogP contribution in [0, 0.1) is 0 Å². The van der Waals surface area contributed by atoms with Crippen LogP contribution in [0.15, 0.2) is 54.7 Å². The van der Waals surface area contributed by atoms with Gasteiger partial charge in [0, 0.05) is 30.6 Å². The first-order valence-electron chi connectivity index (χ1n) is 9.47. The molecule has 29 heavy (non-hydrogen) atoms. The van der Waals surface area contributed by atoms with E-state index in [4.69, 9.17) is 0 Å². The zero-order valence-electron chi connectivity index (χ0n) is 15.8. The summed E-state index contributed by atoms with van der Waals surface area (Å²) in [6, 6.07) is 15.2. The van der Waals surface area contributed by atoms with Gasteiger partial charge in [0.05, 0.1) is 12.2 Å². The Hall–Kier alpha value is -3.26. The van der Waals surface area contributed by atoms with E-state index < -0.39 is 0 Å². The number of pyridine rings is 1. The van der Waals surface area contributed by atoms with Crippen LogP contribution in [-0.2, 0) is 19.4 Å². The highest BCUT2D eigenvalue weighted by atomic mass is 32.1. The minimum atomic E-state index is -0.285. The Labute approximate surface area is 172 Å². The maximum atomic E-state index is 12.5. The molecule has 2 aromatic heterocycles. The van der Waals surface area contributed by atoms with Gasteiger partial charge in [0.2, 0.25) is 0 Å². The fraction of sp³-hybridized carbons (Fsp3) is 0.238. The Balaban J connectivity index is 1.31. The van der Waals surface area contributed by atoms with Crippen molar-refractivity contribution < 1.29 is 9.59 Å². The molecule has 3 heterocycles. The van der Waals surface area contributed by atoms with Crippen LogP contribution in [0.3, 0.4) is 0 Å². The fourth-order valence-electron chi connectivity index (χ4n) is 3.15. The lowest BCUT2D eigenvalue weighted by molar-refractivity contribution is 0.102. The Bertz CT molecular complexity index is 991. The number of benzene rings is 1. The minimum Gasteiger partial charge on any atom is -0.338 e. The normalized spacial score (nSPS) is 12.9. The van der Waals surface area contributed by atoms with Crippen molar-refractivity contribution in [1.82, 2.24) is 20.2 Å². The minimum absolute atomic E-state index is 0.0703. The van der Waals surface area contributed by atoms with E-state index in [0.717, 1.165) is 17.0 Å². The zero-order chi connectivity index (χ0) is 20.1. The van der Waals surface area contributed by atoms with Gasteiger partial charge in [0.15, 0.2) is 5.13 Å². The Morgan fingerprint density at radius 2 is 1.93 bits per heavy atom. The third-order valence-corrected chi connectivity index (χ3v) is 5.67. The van der Waals surface area contributed by atoms with Gasteiger partial charge in [0.1, 0.15) is 5.69 Å². The van der Waals surface area contributed by atoms with Gasteiger partial charge in [0.25, 0.3) is 5.91 Å². The summed E-state index contributed by atoms with van der Waals surface area (Å²) in [6.07, 6.45) is 3.06. The van der Waals surface area contributed by atoms with Crippen molar-refractivity contribution in [3.8, 4) is 0 Å². The smallest absolute Gasteiger partial charge is 0.317 e. The first kappa shape index (κ1) is 19.1. The van der Waals surface area contributed by atoms with Crippen LogP contribution in [0.25, 0.3) is 0 Å². The molecule has 0 saturated heterocycles. The Morgan fingerprint density at radius 3 is 2.72 bits per heavy atom. The molecule has 0 fully saturated rings. The predicted octanol–water partition coefficient (Wildman–Crippen LogP) is 3.10. The van der Waals surface area contributed by atoms with Crippen LogP contribution in [0.1, 0.15) is 26.6 Å². The summed E-state index contributed by atoms with van der Waals surface area (Å²) in [5.74, 6) is -0.285. The molecule has 3 amide bonds. The van der Waals surface area contributed by atoms with Gasteiger partial charge in [-0.1, -0.05) is 47.7 Å². The molecule has 0 saturated carbocycles. The van der Waals surface area contributed by atoms with Crippen LogP contribution in [-0.4, -0.2) is 39.9 Å². The van der Waals surface area contributed by atoms with Crippen molar-refractivity contribution in [2.24, 2.45) is 0 Å². The second kappa shape index (κ2) is 8.83. The lowest BCUT2D eigenvalue weighted by atomic mass is 10.1. The summed E-state index contributed by atoms with van der Waals surface area (Å²) >= 11 is 1.41. The molecule has 3 aromatic rings. The number of anilines is 1. The standard InChI is InChI=1S/C21H21N5O2S/c27-19(17-8-4-5-11-22-17)25-20-24-16-10-13-26(14-18(16)29-20)21(28)23-12-9-15-6-2-1-3-7-15/h1-8,11H,9-10,12-14H2,(H,23,28)(H,24,25,27). The molecule has 0 unspecified atom stereocenters. The average Bonchev–Trinajstić information content (AvgIpc) is 3.16. The molecule has 2 N–H and O–H groups in total. The zero-order valence-corrected chi connectivity index (χ0v) is 16.6. The predicted molar refractivity (Wildman–Crippen MR) is 112 cm³/mol. The summed E-state index contributed by atoms with van der Waals surface area (Å²) in [6.45, 7) is 1.71. The molecule has 1 aliphatic rings. The Kier molecular flexibility index (Phi) is 5.81. The molecule has 1 aromatic carbocycles. The van der Waals surface area contributed by atoms with E-state index in [1.54, 1.807) is 29.3 Å². The second-order valence-electron chi connectivity index (χ2n) is 6.70. The van der Waals surface area contributed by atoms with Crippen molar-refractivity contribution >= 4 is 28.4 Å². The summed E-state index contributed by atoms with van der Waals surface area (Å²) in [5.41, 5.74) is 2.49. The number of fused-ring (bicyclic) bond motifs is 1. The van der Waals surface area contributed by atoms with Gasteiger partial charge in [-0.15, -0.1) is 0 Å². The molecule has 0 aliphatic carbocycles. The lowest BCUT2D eigenvalue weighted by Gasteiger charge is -2.26. The molecule has 0 atom stereocenters. The second-order valence-corrected chi connectivity index (χ2v) is 7.78. The molecule has 8 heteroatoms. The number of thiazole rings is 1. The number of aromatic nitrogens is 2. The van der Waals surface area contributed by atoms with Crippen LogP contribution in [0.4, 0.5) is 9.93 Å². The van der Waals surface area contributed by atoms with E-state index >= 15 is 0 Å². The largest absolute Gasteiger partial charge is 0.338 e. The van der Waals surface area contributed by atoms with Crippen molar-refractivity contribution in [3.05, 3.63) is 76.6 Å². The summed E-state index contributed by atoms with van der Waals surface area (Å²) in [5, 5.41) is 6.32. The highest BCUT2D eigenvalue weighted by Gasteiger charge is 2.24. The van der Waals surface area contributed by atoms with Gasteiger partial charge in [-0.05, 0) is 24.1 Å². The maximum absolute atomic E-state index is 12.5. The summed E-state index contributed by atoms with van der Waals surface area (Å²) < 4.78 is 0. The SMILES string of the molecule is O=C(Nc1nc2c(s1)CN(C(=O)NCCc1ccccc1)CC2)c1ccccn1. The number of carbonyl (C=O) groups is 2. The first-order valence-corrected chi connectivity index (χ1v) is 10.3. The van der Waals surface area contributed by atoms with Gasteiger partial charge in [-0.25, -0.2) is 9.78 Å². The molecule has 148 valence electrons. The molecule has 4 rings (SSSR count). The van der Waals surface area contributed by atoms with Gasteiger partial charge in [-0.3, -0.25) is 15.1 Å².